The van der Waals surface area contributed by atoms with Gasteiger partial charge in [-0.2, -0.15) is 23.5 Å². The van der Waals surface area contributed by atoms with E-state index >= 15 is 0 Å². The minimum atomic E-state index is 0.265. The van der Waals surface area contributed by atoms with Crippen molar-refractivity contribution in [3.05, 3.63) is 0 Å². The lowest BCUT2D eigenvalue weighted by Crippen LogP contribution is -2.34. The third kappa shape index (κ3) is 4.65. The number of carbonyl (C=O) groups excluding carboxylic acids is 2. The van der Waals surface area contributed by atoms with Crippen molar-refractivity contribution in [2.75, 3.05) is 50.2 Å². The van der Waals surface area contributed by atoms with Gasteiger partial charge in [0.05, 0.1) is 11.5 Å². The third-order valence-electron chi connectivity index (χ3n) is 2.44. The van der Waals surface area contributed by atoms with E-state index in [4.69, 9.17) is 0 Å². The van der Waals surface area contributed by atoms with Crippen LogP contribution < -0.4 is 0 Å². The molecule has 0 aliphatic carbocycles. The molecule has 0 radical (unpaired) electrons. The van der Waals surface area contributed by atoms with Crippen LogP contribution in [-0.2, 0) is 9.59 Å². The predicted octanol–water partition coefficient (Wildman–Crippen LogP) is 0.383. The number of nitrogens with zero attached hydrogens (tertiary/aromatic N) is 2. The number of hydrogen-bond donors (Lipinski definition) is 0. The maximum Gasteiger partial charge on any atom is 0.232 e. The van der Waals surface area contributed by atoms with E-state index < -0.39 is 0 Å². The van der Waals surface area contributed by atoms with Crippen molar-refractivity contribution in [3.63, 3.8) is 0 Å². The van der Waals surface area contributed by atoms with Crippen LogP contribution in [0.15, 0.2) is 0 Å². The summed E-state index contributed by atoms with van der Waals surface area (Å²) >= 11 is 3.43. The maximum absolute atomic E-state index is 10.7. The third-order valence-corrected chi connectivity index (χ3v) is 4.29. The fraction of sp³-hybridized carbons (Fsp3) is 0.800. The minimum Gasteiger partial charge on any atom is -0.344 e. The van der Waals surface area contributed by atoms with Gasteiger partial charge in [-0.3, -0.25) is 9.59 Å². The Hall–Kier alpha value is -0.360. The molecule has 0 saturated carbocycles. The van der Waals surface area contributed by atoms with Gasteiger partial charge in [0.1, 0.15) is 0 Å². The Morgan fingerprint density at radius 1 is 0.875 bits per heavy atom. The van der Waals surface area contributed by atoms with Gasteiger partial charge in [0.2, 0.25) is 11.8 Å². The lowest BCUT2D eigenvalue weighted by atomic mass is 10.5. The lowest BCUT2D eigenvalue weighted by molar-refractivity contribution is -0.127. The minimum absolute atomic E-state index is 0.265. The van der Waals surface area contributed by atoms with Crippen molar-refractivity contribution in [1.29, 1.82) is 0 Å². The molecule has 0 aromatic carbocycles. The van der Waals surface area contributed by atoms with Gasteiger partial charge in [-0.05, 0) is 0 Å². The fourth-order valence-corrected chi connectivity index (χ4v) is 3.08. The van der Waals surface area contributed by atoms with Crippen LogP contribution in [0, 0.1) is 0 Å². The van der Waals surface area contributed by atoms with Gasteiger partial charge in [-0.25, -0.2) is 0 Å². The van der Waals surface area contributed by atoms with Gasteiger partial charge >= 0.3 is 0 Å². The van der Waals surface area contributed by atoms with Crippen molar-refractivity contribution < 1.29 is 9.59 Å². The first-order valence-corrected chi connectivity index (χ1v) is 7.55. The number of carbonyl (C=O) groups is 2. The van der Waals surface area contributed by atoms with Gasteiger partial charge < -0.3 is 9.80 Å². The molecule has 4 nitrogen and oxygen atoms in total. The molecule has 0 aromatic rings. The Morgan fingerprint density at radius 2 is 1.25 bits per heavy atom. The summed E-state index contributed by atoms with van der Waals surface area (Å²) in [4.78, 5) is 24.9. The van der Waals surface area contributed by atoms with Crippen LogP contribution in [0.4, 0.5) is 0 Å². The Labute approximate surface area is 105 Å². The largest absolute Gasteiger partial charge is 0.344 e. The van der Waals surface area contributed by atoms with Gasteiger partial charge in [-0.1, -0.05) is 0 Å². The molecule has 2 aliphatic heterocycles. The Bertz CT molecular complexity index is 235. The normalized spacial score (nSPS) is 21.6. The first kappa shape index (κ1) is 13.7. The SMILES string of the molecule is CN1CCSCC1=O.CN1CCSCC1=O. The van der Waals surface area contributed by atoms with E-state index in [0.29, 0.717) is 11.5 Å². The molecule has 2 amide bonds. The second-order valence-corrected chi connectivity index (χ2v) is 5.95. The van der Waals surface area contributed by atoms with E-state index in [1.165, 1.54) is 0 Å². The van der Waals surface area contributed by atoms with Crippen molar-refractivity contribution in [2.45, 2.75) is 0 Å². The summed E-state index contributed by atoms with van der Waals surface area (Å²) in [6.07, 6.45) is 0. The van der Waals surface area contributed by atoms with Crippen LogP contribution in [0.2, 0.25) is 0 Å². The molecule has 2 rings (SSSR count). The molecule has 2 saturated heterocycles. The second-order valence-electron chi connectivity index (χ2n) is 3.74. The van der Waals surface area contributed by atoms with Crippen molar-refractivity contribution >= 4 is 35.3 Å². The van der Waals surface area contributed by atoms with Crippen molar-refractivity contribution in [2.24, 2.45) is 0 Å². The Morgan fingerprint density at radius 3 is 1.44 bits per heavy atom. The van der Waals surface area contributed by atoms with E-state index in [2.05, 4.69) is 0 Å². The predicted molar refractivity (Wildman–Crippen MR) is 69.9 cm³/mol. The van der Waals surface area contributed by atoms with Crippen molar-refractivity contribution in [3.8, 4) is 0 Å². The lowest BCUT2D eigenvalue weighted by Gasteiger charge is -2.20. The van der Waals surface area contributed by atoms with Crippen molar-refractivity contribution in [1.82, 2.24) is 9.80 Å². The van der Waals surface area contributed by atoms with E-state index in [1.54, 1.807) is 33.3 Å². The van der Waals surface area contributed by atoms with E-state index in [1.807, 2.05) is 14.1 Å². The zero-order valence-electron chi connectivity index (χ0n) is 9.77. The molecule has 0 atom stereocenters. The van der Waals surface area contributed by atoms with Gasteiger partial charge in [0.15, 0.2) is 0 Å². The molecule has 2 heterocycles. The van der Waals surface area contributed by atoms with Gasteiger partial charge in [-0.15, -0.1) is 0 Å². The zero-order valence-corrected chi connectivity index (χ0v) is 11.4. The van der Waals surface area contributed by atoms with Crippen LogP contribution >= 0.6 is 23.5 Å². The quantitative estimate of drug-likeness (QED) is 0.633. The highest BCUT2D eigenvalue weighted by atomic mass is 32.2. The molecule has 2 fully saturated rings. The van der Waals surface area contributed by atoms with E-state index in [0.717, 1.165) is 24.6 Å². The van der Waals surface area contributed by atoms with E-state index in [9.17, 15) is 9.59 Å². The summed E-state index contributed by atoms with van der Waals surface area (Å²) < 4.78 is 0. The molecular formula is C10H18N2O2S2. The monoisotopic (exact) mass is 262 g/mol. The highest BCUT2D eigenvalue weighted by molar-refractivity contribution is 8.00. The van der Waals surface area contributed by atoms with Crippen LogP contribution in [0.3, 0.4) is 0 Å². The summed E-state index contributed by atoms with van der Waals surface area (Å²) in [7, 11) is 3.70. The summed E-state index contributed by atoms with van der Waals surface area (Å²) in [6.45, 7) is 1.84. The molecule has 2 aliphatic rings. The Balaban J connectivity index is 0.000000160. The molecule has 6 heteroatoms. The zero-order chi connectivity index (χ0) is 12.0. The summed E-state index contributed by atoms with van der Waals surface area (Å²) in [5.41, 5.74) is 0. The number of amides is 2. The maximum atomic E-state index is 10.7. The van der Waals surface area contributed by atoms with Crippen LogP contribution in [-0.4, -0.2) is 71.8 Å². The number of hydrogen-bond acceptors (Lipinski definition) is 4. The molecule has 92 valence electrons. The summed E-state index contributed by atoms with van der Waals surface area (Å²) in [5.74, 6) is 4.08. The first-order chi connectivity index (χ1) is 7.61. The number of thioether (sulfide) groups is 2. The summed E-state index contributed by atoms with van der Waals surface area (Å²) in [6, 6.07) is 0. The molecule has 16 heavy (non-hydrogen) atoms. The topological polar surface area (TPSA) is 40.6 Å². The number of rotatable bonds is 0. The molecule has 0 unspecified atom stereocenters. The molecule has 0 aromatic heterocycles. The standard InChI is InChI=1S/2C5H9NOS/c2*1-6-2-3-8-4-5(6)7/h2*2-4H2,1H3. The smallest absolute Gasteiger partial charge is 0.232 e. The first-order valence-electron chi connectivity index (χ1n) is 5.24. The van der Waals surface area contributed by atoms with Crippen LogP contribution in [0.1, 0.15) is 0 Å². The van der Waals surface area contributed by atoms with Gasteiger partial charge in [0.25, 0.3) is 0 Å². The van der Waals surface area contributed by atoms with Crippen LogP contribution in [0.25, 0.3) is 0 Å². The van der Waals surface area contributed by atoms with Crippen LogP contribution in [0.5, 0.6) is 0 Å². The Kier molecular flexibility index (Phi) is 6.05. The fourth-order valence-electron chi connectivity index (χ4n) is 1.19. The average Bonchev–Trinajstić information content (AvgIpc) is 2.28. The van der Waals surface area contributed by atoms with Gasteiger partial charge in [0, 0.05) is 38.7 Å². The average molecular weight is 262 g/mol. The van der Waals surface area contributed by atoms with E-state index in [-0.39, 0.29) is 11.8 Å². The summed E-state index contributed by atoms with van der Waals surface area (Å²) in [5, 5.41) is 0. The highest BCUT2D eigenvalue weighted by Gasteiger charge is 2.13. The second kappa shape index (κ2) is 7.06. The molecule has 0 bridgehead atoms. The molecule has 0 N–H and O–H groups in total. The molecular weight excluding hydrogens is 244 g/mol. The molecule has 0 spiro atoms. The highest BCUT2D eigenvalue weighted by Crippen LogP contribution is 2.08.